The van der Waals surface area contributed by atoms with Gasteiger partial charge in [-0.3, -0.25) is 14.5 Å². The van der Waals surface area contributed by atoms with Crippen LogP contribution in [0.25, 0.3) is 0 Å². The first-order valence-electron chi connectivity index (χ1n) is 7.99. The number of likely N-dealkylation sites (N-methyl/N-ethyl adjacent to an activating group) is 1. The number of amides is 2. The number of ether oxygens (including phenoxy) is 1. The van der Waals surface area contributed by atoms with E-state index >= 15 is 0 Å². The van der Waals surface area contributed by atoms with E-state index < -0.39 is 0 Å². The molecule has 0 saturated carbocycles. The fourth-order valence-corrected chi connectivity index (χ4v) is 2.61. The summed E-state index contributed by atoms with van der Waals surface area (Å²) >= 11 is 0. The van der Waals surface area contributed by atoms with Crippen molar-refractivity contribution in [3.05, 3.63) is 24.3 Å². The third-order valence-electron chi connectivity index (χ3n) is 3.99. The highest BCUT2D eigenvalue weighted by molar-refractivity contribution is 5.98. The highest BCUT2D eigenvalue weighted by atomic mass is 16.5. The Kier molecular flexibility index (Phi) is 5.98. The van der Waals surface area contributed by atoms with Crippen molar-refractivity contribution in [2.45, 2.75) is 13.8 Å². The molecule has 0 atom stereocenters. The molecule has 2 rings (SSSR count). The Bertz CT molecular complexity index is 554. The maximum Gasteiger partial charge on any atom is 0.242 e. The van der Waals surface area contributed by atoms with Gasteiger partial charge in [0.05, 0.1) is 12.3 Å². The van der Waals surface area contributed by atoms with E-state index in [-0.39, 0.29) is 18.4 Å². The van der Waals surface area contributed by atoms with Crippen LogP contribution in [0.5, 0.6) is 5.75 Å². The number of piperazine rings is 1. The fourth-order valence-electron chi connectivity index (χ4n) is 2.61. The van der Waals surface area contributed by atoms with Crippen LogP contribution in [0, 0.1) is 0 Å². The number of hydrogen-bond donors (Lipinski definition) is 0. The number of para-hydroxylation sites is 2. The van der Waals surface area contributed by atoms with Crippen LogP contribution in [0.2, 0.25) is 0 Å². The summed E-state index contributed by atoms with van der Waals surface area (Å²) < 4.78 is 5.58. The average molecular weight is 319 g/mol. The SMILES string of the molecule is CCOc1ccccc1N(CC(=O)N1CCN(C)CC1)C(C)=O. The Morgan fingerprint density at radius 1 is 1.17 bits per heavy atom. The molecule has 0 N–H and O–H groups in total. The normalized spacial score (nSPS) is 15.3. The Morgan fingerprint density at radius 2 is 1.83 bits per heavy atom. The molecule has 0 spiro atoms. The highest BCUT2D eigenvalue weighted by Crippen LogP contribution is 2.28. The molecule has 1 saturated heterocycles. The lowest BCUT2D eigenvalue weighted by Crippen LogP contribution is -2.50. The number of anilines is 1. The van der Waals surface area contributed by atoms with Gasteiger partial charge in [0.1, 0.15) is 12.3 Å². The molecule has 6 heteroatoms. The molecule has 1 aliphatic heterocycles. The van der Waals surface area contributed by atoms with Gasteiger partial charge < -0.3 is 14.5 Å². The summed E-state index contributed by atoms with van der Waals surface area (Å²) in [6, 6.07) is 7.32. The molecule has 6 nitrogen and oxygen atoms in total. The minimum Gasteiger partial charge on any atom is -0.492 e. The Labute approximate surface area is 137 Å². The van der Waals surface area contributed by atoms with Gasteiger partial charge in [-0.05, 0) is 26.1 Å². The summed E-state index contributed by atoms with van der Waals surface area (Å²) in [4.78, 5) is 30.1. The summed E-state index contributed by atoms with van der Waals surface area (Å²) in [5.74, 6) is 0.426. The topological polar surface area (TPSA) is 53.1 Å². The predicted octanol–water partition coefficient (Wildman–Crippen LogP) is 1.21. The van der Waals surface area contributed by atoms with Gasteiger partial charge >= 0.3 is 0 Å². The molecule has 1 fully saturated rings. The first-order valence-corrected chi connectivity index (χ1v) is 7.99. The quantitative estimate of drug-likeness (QED) is 0.819. The highest BCUT2D eigenvalue weighted by Gasteiger charge is 2.24. The van der Waals surface area contributed by atoms with Crippen molar-refractivity contribution in [1.29, 1.82) is 0 Å². The third-order valence-corrected chi connectivity index (χ3v) is 3.99. The van der Waals surface area contributed by atoms with E-state index in [1.807, 2.05) is 43.1 Å². The molecule has 0 radical (unpaired) electrons. The minimum absolute atomic E-state index is 0.0281. The molecular weight excluding hydrogens is 294 g/mol. The first kappa shape index (κ1) is 17.3. The van der Waals surface area contributed by atoms with Crippen molar-refractivity contribution in [2.24, 2.45) is 0 Å². The molecule has 0 aliphatic carbocycles. The molecule has 0 aromatic heterocycles. The van der Waals surface area contributed by atoms with Gasteiger partial charge in [-0.25, -0.2) is 0 Å². The van der Waals surface area contributed by atoms with E-state index in [9.17, 15) is 9.59 Å². The van der Waals surface area contributed by atoms with Crippen LogP contribution in [0.1, 0.15) is 13.8 Å². The second kappa shape index (κ2) is 7.97. The number of hydrogen-bond acceptors (Lipinski definition) is 4. The molecule has 1 aromatic carbocycles. The van der Waals surface area contributed by atoms with Gasteiger partial charge in [-0.15, -0.1) is 0 Å². The fraction of sp³-hybridized carbons (Fsp3) is 0.529. The van der Waals surface area contributed by atoms with E-state index in [0.717, 1.165) is 13.1 Å². The van der Waals surface area contributed by atoms with Crippen molar-refractivity contribution >= 4 is 17.5 Å². The van der Waals surface area contributed by atoms with E-state index in [4.69, 9.17) is 4.74 Å². The van der Waals surface area contributed by atoms with E-state index in [1.165, 1.54) is 11.8 Å². The van der Waals surface area contributed by atoms with Gasteiger partial charge in [0.15, 0.2) is 0 Å². The Morgan fingerprint density at radius 3 is 2.43 bits per heavy atom. The molecule has 2 amide bonds. The lowest BCUT2D eigenvalue weighted by Gasteiger charge is -2.34. The van der Waals surface area contributed by atoms with Gasteiger partial charge in [0.25, 0.3) is 0 Å². The maximum absolute atomic E-state index is 12.5. The second-order valence-corrected chi connectivity index (χ2v) is 5.69. The monoisotopic (exact) mass is 319 g/mol. The molecule has 23 heavy (non-hydrogen) atoms. The van der Waals surface area contributed by atoms with Crippen molar-refractivity contribution in [2.75, 3.05) is 51.3 Å². The summed E-state index contributed by atoms with van der Waals surface area (Å²) in [6.45, 7) is 7.05. The Hall–Kier alpha value is -2.08. The molecule has 0 bridgehead atoms. The third kappa shape index (κ3) is 4.45. The number of rotatable bonds is 5. The van der Waals surface area contributed by atoms with E-state index in [2.05, 4.69) is 4.90 Å². The Balaban J connectivity index is 2.13. The molecule has 0 unspecified atom stereocenters. The smallest absolute Gasteiger partial charge is 0.242 e. The zero-order valence-corrected chi connectivity index (χ0v) is 14.1. The number of benzene rings is 1. The lowest BCUT2D eigenvalue weighted by molar-refractivity contribution is -0.132. The molecular formula is C17H25N3O3. The number of nitrogens with zero attached hydrogens (tertiary/aromatic N) is 3. The standard InChI is InChI=1S/C17H25N3O3/c1-4-23-16-8-6-5-7-15(16)20(14(2)21)13-17(22)19-11-9-18(3)10-12-19/h5-8H,4,9-13H2,1-3H3. The van der Waals surface area contributed by atoms with E-state index in [1.54, 1.807) is 0 Å². The number of carbonyl (C=O) groups is 2. The van der Waals surface area contributed by atoms with Crippen LogP contribution >= 0.6 is 0 Å². The maximum atomic E-state index is 12.5. The zero-order chi connectivity index (χ0) is 16.8. The van der Waals surface area contributed by atoms with Crippen LogP contribution in [-0.2, 0) is 9.59 Å². The average Bonchev–Trinajstić information content (AvgIpc) is 2.54. The van der Waals surface area contributed by atoms with Gasteiger partial charge in [-0.2, -0.15) is 0 Å². The van der Waals surface area contributed by atoms with Gasteiger partial charge in [0.2, 0.25) is 11.8 Å². The summed E-state index contributed by atoms with van der Waals surface area (Å²) in [6.07, 6.45) is 0. The summed E-state index contributed by atoms with van der Waals surface area (Å²) in [7, 11) is 2.04. The van der Waals surface area contributed by atoms with Crippen LogP contribution in [0.4, 0.5) is 5.69 Å². The number of carbonyl (C=O) groups excluding carboxylic acids is 2. The predicted molar refractivity (Wildman–Crippen MR) is 89.7 cm³/mol. The van der Waals surface area contributed by atoms with Crippen molar-refractivity contribution in [1.82, 2.24) is 9.80 Å². The molecule has 1 heterocycles. The summed E-state index contributed by atoms with van der Waals surface area (Å²) in [5.41, 5.74) is 0.643. The molecule has 126 valence electrons. The minimum atomic E-state index is -0.167. The van der Waals surface area contributed by atoms with Crippen LogP contribution in [-0.4, -0.2) is 68.0 Å². The van der Waals surface area contributed by atoms with Crippen molar-refractivity contribution in [3.63, 3.8) is 0 Å². The largest absolute Gasteiger partial charge is 0.492 e. The van der Waals surface area contributed by atoms with Gasteiger partial charge in [0, 0.05) is 33.1 Å². The van der Waals surface area contributed by atoms with E-state index in [0.29, 0.717) is 31.1 Å². The van der Waals surface area contributed by atoms with Crippen LogP contribution < -0.4 is 9.64 Å². The van der Waals surface area contributed by atoms with Crippen molar-refractivity contribution in [3.8, 4) is 5.75 Å². The van der Waals surface area contributed by atoms with Crippen molar-refractivity contribution < 1.29 is 14.3 Å². The molecule has 1 aromatic rings. The summed E-state index contributed by atoms with van der Waals surface area (Å²) in [5, 5.41) is 0. The van der Waals surface area contributed by atoms with Crippen LogP contribution in [0.15, 0.2) is 24.3 Å². The zero-order valence-electron chi connectivity index (χ0n) is 14.1. The second-order valence-electron chi connectivity index (χ2n) is 5.69. The lowest BCUT2D eigenvalue weighted by atomic mass is 10.2. The first-order chi connectivity index (χ1) is 11.0. The van der Waals surface area contributed by atoms with Gasteiger partial charge in [-0.1, -0.05) is 12.1 Å². The molecule has 1 aliphatic rings. The van der Waals surface area contributed by atoms with Crippen LogP contribution in [0.3, 0.4) is 0 Å².